The van der Waals surface area contributed by atoms with E-state index < -0.39 is 6.04 Å². The summed E-state index contributed by atoms with van der Waals surface area (Å²) >= 11 is 5.98. The maximum Gasteiger partial charge on any atom is 0.136 e. The molecule has 17 heavy (non-hydrogen) atoms. The quantitative estimate of drug-likeness (QED) is 0.366. The van der Waals surface area contributed by atoms with Crippen LogP contribution in [0.25, 0.3) is 0 Å². The van der Waals surface area contributed by atoms with Crippen LogP contribution < -0.4 is 0 Å². The molecule has 2 N–H and O–H groups in total. The average Bonchev–Trinajstić information content (AvgIpc) is 2.34. The van der Waals surface area contributed by atoms with Gasteiger partial charge in [-0.05, 0) is 6.07 Å². The summed E-state index contributed by atoms with van der Waals surface area (Å²) in [5, 5.41) is 30.6. The first-order valence-electron chi connectivity index (χ1n) is 4.74. The SMILES string of the molecule is O/N=C\CN=N[C@H](/C=N\O)c1ccccc1Cl. The molecule has 0 radical (unpaired) electrons. The largest absolute Gasteiger partial charge is 0.411 e. The summed E-state index contributed by atoms with van der Waals surface area (Å²) in [7, 11) is 0. The molecule has 0 bridgehead atoms. The van der Waals surface area contributed by atoms with Crippen molar-refractivity contribution in [3.8, 4) is 0 Å². The molecule has 0 aliphatic carbocycles. The number of rotatable bonds is 5. The molecular weight excluding hydrogens is 244 g/mol. The highest BCUT2D eigenvalue weighted by atomic mass is 35.5. The van der Waals surface area contributed by atoms with Gasteiger partial charge in [0.05, 0.1) is 19.0 Å². The maximum absolute atomic E-state index is 8.55. The van der Waals surface area contributed by atoms with Gasteiger partial charge in [0, 0.05) is 10.6 Å². The summed E-state index contributed by atoms with van der Waals surface area (Å²) in [5.74, 6) is 0. The molecule has 0 saturated carbocycles. The van der Waals surface area contributed by atoms with E-state index in [2.05, 4.69) is 20.5 Å². The van der Waals surface area contributed by atoms with Crippen LogP contribution in [0.5, 0.6) is 0 Å². The number of hydrogen-bond donors (Lipinski definition) is 2. The van der Waals surface area contributed by atoms with Gasteiger partial charge in [0.15, 0.2) is 0 Å². The number of hydrogen-bond acceptors (Lipinski definition) is 6. The Labute approximate surface area is 103 Å². The van der Waals surface area contributed by atoms with Gasteiger partial charge in [0.25, 0.3) is 0 Å². The summed E-state index contributed by atoms with van der Waals surface area (Å²) in [6, 6.07) is 6.48. The van der Waals surface area contributed by atoms with Gasteiger partial charge in [0.2, 0.25) is 0 Å². The molecule has 0 amide bonds. The van der Waals surface area contributed by atoms with Gasteiger partial charge < -0.3 is 10.4 Å². The number of benzene rings is 1. The van der Waals surface area contributed by atoms with E-state index in [9.17, 15) is 0 Å². The molecule has 1 atom stereocenters. The van der Waals surface area contributed by atoms with Gasteiger partial charge in [-0.25, -0.2) is 0 Å². The third-order valence-electron chi connectivity index (χ3n) is 1.88. The normalized spacial score (nSPS) is 13.9. The molecule has 0 heterocycles. The van der Waals surface area contributed by atoms with Crippen molar-refractivity contribution in [2.45, 2.75) is 6.04 Å². The third-order valence-corrected chi connectivity index (χ3v) is 2.23. The van der Waals surface area contributed by atoms with Crippen LogP contribution in [0.2, 0.25) is 5.02 Å². The zero-order chi connectivity index (χ0) is 12.5. The predicted molar refractivity (Wildman–Crippen MR) is 64.5 cm³/mol. The van der Waals surface area contributed by atoms with Crippen LogP contribution in [0.4, 0.5) is 0 Å². The summed E-state index contributed by atoms with van der Waals surface area (Å²) in [4.78, 5) is 0. The summed E-state index contributed by atoms with van der Waals surface area (Å²) in [6.07, 6.45) is 2.39. The first-order chi connectivity index (χ1) is 8.29. The number of oxime groups is 2. The Bertz CT molecular complexity index is 434. The molecule has 0 saturated heterocycles. The van der Waals surface area contributed by atoms with Crippen LogP contribution in [0.1, 0.15) is 11.6 Å². The highest BCUT2D eigenvalue weighted by molar-refractivity contribution is 6.31. The van der Waals surface area contributed by atoms with Crippen molar-refractivity contribution >= 4 is 24.0 Å². The van der Waals surface area contributed by atoms with Crippen LogP contribution in [-0.2, 0) is 0 Å². The molecule has 6 nitrogen and oxygen atoms in total. The molecule has 0 fully saturated rings. The lowest BCUT2D eigenvalue weighted by atomic mass is 10.1. The topological polar surface area (TPSA) is 89.9 Å². The number of azo groups is 1. The Morgan fingerprint density at radius 3 is 2.65 bits per heavy atom. The molecule has 1 aromatic rings. The molecule has 1 rings (SSSR count). The summed E-state index contributed by atoms with van der Waals surface area (Å²) in [6.45, 7) is 0.136. The van der Waals surface area contributed by atoms with Crippen molar-refractivity contribution in [1.29, 1.82) is 0 Å². The number of nitrogens with zero attached hydrogens (tertiary/aromatic N) is 4. The Morgan fingerprint density at radius 1 is 1.24 bits per heavy atom. The number of halogens is 1. The second-order valence-electron chi connectivity index (χ2n) is 2.97. The van der Waals surface area contributed by atoms with Crippen LogP contribution >= 0.6 is 11.6 Å². The lowest BCUT2D eigenvalue weighted by molar-refractivity contribution is 0.319. The Balaban J connectivity index is 2.86. The Hall–Kier alpha value is -1.95. The summed E-state index contributed by atoms with van der Waals surface area (Å²) in [5.41, 5.74) is 0.677. The second kappa shape index (κ2) is 7.34. The van der Waals surface area contributed by atoms with E-state index in [0.717, 1.165) is 0 Å². The minimum Gasteiger partial charge on any atom is -0.411 e. The monoisotopic (exact) mass is 254 g/mol. The standard InChI is InChI=1S/C10H11ClN4O2/c11-9-4-2-1-3-8(9)10(7-14-17)15-12-5-6-13-16/h1-4,6-7,10,16-17H,5H2/b13-6-,14-7-,15-12?/t10-/m1/s1. The minimum atomic E-state index is -0.569. The molecular formula is C10H11ClN4O2. The van der Waals surface area contributed by atoms with Gasteiger partial charge in [-0.1, -0.05) is 35.0 Å². The van der Waals surface area contributed by atoms with Gasteiger partial charge >= 0.3 is 0 Å². The van der Waals surface area contributed by atoms with Crippen LogP contribution in [0.15, 0.2) is 44.8 Å². The Morgan fingerprint density at radius 2 is 2.00 bits per heavy atom. The maximum atomic E-state index is 8.55. The highest BCUT2D eigenvalue weighted by Crippen LogP contribution is 2.24. The van der Waals surface area contributed by atoms with Crippen molar-refractivity contribution in [2.24, 2.45) is 20.5 Å². The first-order valence-corrected chi connectivity index (χ1v) is 5.12. The minimum absolute atomic E-state index is 0.136. The van der Waals surface area contributed by atoms with E-state index in [0.29, 0.717) is 10.6 Å². The average molecular weight is 255 g/mol. The molecule has 0 aromatic heterocycles. The van der Waals surface area contributed by atoms with E-state index >= 15 is 0 Å². The molecule has 0 aliphatic rings. The Kier molecular flexibility index (Phi) is 5.67. The second-order valence-corrected chi connectivity index (χ2v) is 3.38. The van der Waals surface area contributed by atoms with E-state index in [-0.39, 0.29) is 6.54 Å². The van der Waals surface area contributed by atoms with Crippen LogP contribution in [0, 0.1) is 0 Å². The van der Waals surface area contributed by atoms with Gasteiger partial charge in [-0.3, -0.25) is 0 Å². The van der Waals surface area contributed by atoms with Crippen LogP contribution in [0.3, 0.4) is 0 Å². The molecule has 7 heteroatoms. The lowest BCUT2D eigenvalue weighted by Crippen LogP contribution is -1.98. The fourth-order valence-corrected chi connectivity index (χ4v) is 1.41. The molecule has 0 spiro atoms. The summed E-state index contributed by atoms with van der Waals surface area (Å²) < 4.78 is 0. The van der Waals surface area contributed by atoms with Gasteiger partial charge in [0.1, 0.15) is 6.04 Å². The van der Waals surface area contributed by atoms with E-state index in [1.165, 1.54) is 12.4 Å². The lowest BCUT2D eigenvalue weighted by Gasteiger charge is -2.07. The zero-order valence-electron chi connectivity index (χ0n) is 8.81. The first kappa shape index (κ1) is 13.1. The highest BCUT2D eigenvalue weighted by Gasteiger charge is 2.11. The van der Waals surface area contributed by atoms with Crippen molar-refractivity contribution in [2.75, 3.05) is 6.54 Å². The van der Waals surface area contributed by atoms with Crippen LogP contribution in [-0.4, -0.2) is 29.4 Å². The van der Waals surface area contributed by atoms with Crippen molar-refractivity contribution in [3.63, 3.8) is 0 Å². The fraction of sp³-hybridized carbons (Fsp3) is 0.200. The van der Waals surface area contributed by atoms with Crippen molar-refractivity contribution in [1.82, 2.24) is 0 Å². The van der Waals surface area contributed by atoms with E-state index in [4.69, 9.17) is 22.0 Å². The molecule has 1 aromatic carbocycles. The molecule has 90 valence electrons. The van der Waals surface area contributed by atoms with E-state index in [1.54, 1.807) is 24.3 Å². The molecule has 0 aliphatic heterocycles. The van der Waals surface area contributed by atoms with Gasteiger partial charge in [-0.2, -0.15) is 10.2 Å². The third kappa shape index (κ3) is 4.20. The molecule has 0 unspecified atom stereocenters. The fourth-order valence-electron chi connectivity index (χ4n) is 1.16. The zero-order valence-corrected chi connectivity index (χ0v) is 9.57. The van der Waals surface area contributed by atoms with Crippen molar-refractivity contribution < 1.29 is 10.4 Å². The van der Waals surface area contributed by atoms with Gasteiger partial charge in [-0.15, -0.1) is 5.16 Å². The van der Waals surface area contributed by atoms with E-state index in [1.807, 2.05) is 0 Å². The predicted octanol–water partition coefficient (Wildman–Crippen LogP) is 2.75. The smallest absolute Gasteiger partial charge is 0.136 e. The van der Waals surface area contributed by atoms with Crippen molar-refractivity contribution in [3.05, 3.63) is 34.9 Å².